The van der Waals surface area contributed by atoms with E-state index in [1.54, 1.807) is 24.3 Å². The van der Waals surface area contributed by atoms with Crippen molar-refractivity contribution in [3.63, 3.8) is 0 Å². The molecule has 3 aromatic heterocycles. The maximum atomic E-state index is 14.2. The Labute approximate surface area is 152 Å². The van der Waals surface area contributed by atoms with Crippen LogP contribution >= 0.6 is 11.3 Å². The fraction of sp³-hybridized carbons (Fsp3) is 0.0556. The Morgan fingerprint density at radius 3 is 2.85 bits per heavy atom. The van der Waals surface area contributed by atoms with Crippen molar-refractivity contribution in [2.45, 2.75) is 6.92 Å². The lowest BCUT2D eigenvalue weighted by molar-refractivity contribution is 0.632. The Bertz CT molecular complexity index is 1160. The molecule has 1 N–H and O–H groups in total. The summed E-state index contributed by atoms with van der Waals surface area (Å²) in [7, 11) is 0. The van der Waals surface area contributed by atoms with E-state index in [9.17, 15) is 9.65 Å². The third kappa shape index (κ3) is 2.85. The van der Waals surface area contributed by atoms with E-state index in [4.69, 9.17) is 0 Å². The highest BCUT2D eigenvalue weighted by molar-refractivity contribution is 7.22. The van der Waals surface area contributed by atoms with Gasteiger partial charge < -0.3 is 5.32 Å². The normalized spacial score (nSPS) is 10.7. The van der Waals surface area contributed by atoms with Gasteiger partial charge in [0.05, 0.1) is 17.8 Å². The fourth-order valence-electron chi connectivity index (χ4n) is 2.50. The molecule has 0 fully saturated rings. The highest BCUT2D eigenvalue weighted by Gasteiger charge is 2.17. The number of pyridine rings is 1. The van der Waals surface area contributed by atoms with Gasteiger partial charge in [-0.1, -0.05) is 18.2 Å². The minimum absolute atomic E-state index is 0.209. The molecule has 6 nitrogen and oxygen atoms in total. The Morgan fingerprint density at radius 2 is 2.04 bits per heavy atom. The SMILES string of the molecule is Cc1cc(Nc2ncc(F)c3nc(-c4ccccc4C#N)sc23)ncn1. The molecule has 4 rings (SSSR count). The molecular formula is C18H11FN6S. The van der Waals surface area contributed by atoms with Gasteiger partial charge in [0, 0.05) is 17.3 Å². The van der Waals surface area contributed by atoms with E-state index in [2.05, 4.69) is 31.3 Å². The molecule has 0 bridgehead atoms. The maximum Gasteiger partial charge on any atom is 0.168 e. The van der Waals surface area contributed by atoms with Crippen LogP contribution in [-0.4, -0.2) is 19.9 Å². The quantitative estimate of drug-likeness (QED) is 0.587. The molecular weight excluding hydrogens is 351 g/mol. The Morgan fingerprint density at radius 1 is 1.19 bits per heavy atom. The monoisotopic (exact) mass is 362 g/mol. The first-order valence-corrected chi connectivity index (χ1v) is 8.47. The second kappa shape index (κ2) is 6.46. The van der Waals surface area contributed by atoms with Crippen molar-refractivity contribution in [2.24, 2.45) is 0 Å². The van der Waals surface area contributed by atoms with E-state index >= 15 is 0 Å². The van der Waals surface area contributed by atoms with Gasteiger partial charge in [-0.2, -0.15) is 5.26 Å². The van der Waals surface area contributed by atoms with Gasteiger partial charge in [-0.3, -0.25) is 0 Å². The maximum absolute atomic E-state index is 14.2. The van der Waals surface area contributed by atoms with Crippen molar-refractivity contribution >= 4 is 33.2 Å². The van der Waals surface area contributed by atoms with Crippen LogP contribution in [0.4, 0.5) is 16.0 Å². The molecule has 3 heterocycles. The zero-order chi connectivity index (χ0) is 18.1. The van der Waals surface area contributed by atoms with Gasteiger partial charge in [0.15, 0.2) is 11.6 Å². The molecule has 0 aliphatic heterocycles. The Hall–Kier alpha value is -3.44. The van der Waals surface area contributed by atoms with Gasteiger partial charge in [0.2, 0.25) is 0 Å². The summed E-state index contributed by atoms with van der Waals surface area (Å²) in [6.07, 6.45) is 2.57. The number of hydrogen-bond donors (Lipinski definition) is 1. The third-order valence-electron chi connectivity index (χ3n) is 3.70. The molecule has 0 atom stereocenters. The summed E-state index contributed by atoms with van der Waals surface area (Å²) in [5.74, 6) is 0.504. The highest BCUT2D eigenvalue weighted by atomic mass is 32.1. The van der Waals surface area contributed by atoms with Crippen molar-refractivity contribution in [1.82, 2.24) is 19.9 Å². The van der Waals surface area contributed by atoms with Gasteiger partial charge in [0.1, 0.15) is 27.4 Å². The van der Waals surface area contributed by atoms with Crippen molar-refractivity contribution in [3.05, 3.63) is 59.9 Å². The number of thiazole rings is 1. The van der Waals surface area contributed by atoms with Crippen LogP contribution in [0.5, 0.6) is 0 Å². The summed E-state index contributed by atoms with van der Waals surface area (Å²) >= 11 is 1.27. The first kappa shape index (κ1) is 16.1. The van der Waals surface area contributed by atoms with Crippen LogP contribution in [0.2, 0.25) is 0 Å². The Kier molecular flexibility index (Phi) is 3.99. The third-order valence-corrected chi connectivity index (χ3v) is 4.80. The van der Waals surface area contributed by atoms with E-state index in [1.807, 2.05) is 13.0 Å². The van der Waals surface area contributed by atoms with E-state index in [-0.39, 0.29) is 5.52 Å². The standard InChI is InChI=1S/C18H11FN6S/c1-10-6-14(23-9-22-10)24-17-16-15(13(19)8-21-17)25-18(26-16)12-5-3-2-4-11(12)7-20/h2-6,8-9H,1H3,(H,21,22,23,24). The van der Waals surface area contributed by atoms with E-state index < -0.39 is 5.82 Å². The zero-order valence-corrected chi connectivity index (χ0v) is 14.4. The van der Waals surface area contributed by atoms with Crippen LogP contribution in [-0.2, 0) is 0 Å². The number of hydrogen-bond acceptors (Lipinski definition) is 7. The Balaban J connectivity index is 1.85. The average molecular weight is 362 g/mol. The van der Waals surface area contributed by atoms with E-state index in [0.717, 1.165) is 11.9 Å². The zero-order valence-electron chi connectivity index (χ0n) is 13.6. The summed E-state index contributed by atoms with van der Waals surface area (Å²) < 4.78 is 14.8. The summed E-state index contributed by atoms with van der Waals surface area (Å²) in [6, 6.07) is 11.0. The molecule has 1 aromatic carbocycles. The van der Waals surface area contributed by atoms with Crippen molar-refractivity contribution in [3.8, 4) is 16.6 Å². The lowest BCUT2D eigenvalue weighted by Gasteiger charge is -2.05. The predicted molar refractivity (Wildman–Crippen MR) is 97.6 cm³/mol. The van der Waals surface area contributed by atoms with Crippen LogP contribution in [0.25, 0.3) is 20.8 Å². The summed E-state index contributed by atoms with van der Waals surface area (Å²) in [5.41, 5.74) is 2.16. The number of rotatable bonds is 3. The molecule has 0 amide bonds. The minimum atomic E-state index is -0.513. The molecule has 0 saturated carbocycles. The molecule has 0 aliphatic rings. The van der Waals surface area contributed by atoms with Gasteiger partial charge in [-0.05, 0) is 13.0 Å². The molecule has 4 aromatic rings. The van der Waals surface area contributed by atoms with E-state index in [0.29, 0.717) is 32.5 Å². The first-order valence-electron chi connectivity index (χ1n) is 7.66. The number of nitrogens with zero attached hydrogens (tertiary/aromatic N) is 5. The van der Waals surface area contributed by atoms with Crippen LogP contribution < -0.4 is 5.32 Å². The van der Waals surface area contributed by atoms with Crippen LogP contribution in [0.15, 0.2) is 42.9 Å². The second-order valence-electron chi connectivity index (χ2n) is 5.48. The van der Waals surface area contributed by atoms with Gasteiger partial charge in [0.25, 0.3) is 0 Å². The van der Waals surface area contributed by atoms with Crippen molar-refractivity contribution < 1.29 is 4.39 Å². The summed E-state index contributed by atoms with van der Waals surface area (Å²) in [4.78, 5) is 16.7. The minimum Gasteiger partial charge on any atom is -0.324 e. The lowest BCUT2D eigenvalue weighted by atomic mass is 10.1. The molecule has 8 heteroatoms. The number of benzene rings is 1. The number of nitrogens with one attached hydrogen (secondary N) is 1. The summed E-state index contributed by atoms with van der Waals surface area (Å²) in [6.45, 7) is 1.85. The molecule has 26 heavy (non-hydrogen) atoms. The number of fused-ring (bicyclic) bond motifs is 1. The van der Waals surface area contributed by atoms with Gasteiger partial charge in [-0.15, -0.1) is 11.3 Å². The number of nitriles is 1. The lowest BCUT2D eigenvalue weighted by Crippen LogP contribution is -1.98. The smallest absolute Gasteiger partial charge is 0.168 e. The molecule has 0 unspecified atom stereocenters. The van der Waals surface area contributed by atoms with Crippen LogP contribution in [0, 0.1) is 24.1 Å². The van der Waals surface area contributed by atoms with Crippen molar-refractivity contribution in [1.29, 1.82) is 5.26 Å². The predicted octanol–water partition coefficient (Wildman–Crippen LogP) is 4.21. The number of aryl methyl sites for hydroxylation is 1. The van der Waals surface area contributed by atoms with Gasteiger partial charge >= 0.3 is 0 Å². The molecule has 0 spiro atoms. The summed E-state index contributed by atoms with van der Waals surface area (Å²) in [5, 5.41) is 12.9. The molecule has 0 radical (unpaired) electrons. The fourth-order valence-corrected chi connectivity index (χ4v) is 3.56. The molecule has 0 aliphatic carbocycles. The van der Waals surface area contributed by atoms with Crippen LogP contribution in [0.1, 0.15) is 11.3 Å². The van der Waals surface area contributed by atoms with E-state index in [1.165, 1.54) is 17.7 Å². The number of aromatic nitrogens is 4. The topological polar surface area (TPSA) is 87.4 Å². The largest absolute Gasteiger partial charge is 0.324 e. The van der Waals surface area contributed by atoms with Crippen molar-refractivity contribution in [2.75, 3.05) is 5.32 Å². The van der Waals surface area contributed by atoms with Crippen LogP contribution in [0.3, 0.4) is 0 Å². The first-order chi connectivity index (χ1) is 12.7. The van der Waals surface area contributed by atoms with Gasteiger partial charge in [-0.25, -0.2) is 24.3 Å². The molecule has 0 saturated heterocycles. The second-order valence-corrected chi connectivity index (χ2v) is 6.48. The number of anilines is 2. The number of halogens is 1. The molecule has 126 valence electrons. The average Bonchev–Trinajstić information content (AvgIpc) is 3.10. The highest BCUT2D eigenvalue weighted by Crippen LogP contribution is 2.36.